The van der Waals surface area contributed by atoms with Crippen molar-refractivity contribution in [3.05, 3.63) is 24.3 Å². The summed E-state index contributed by atoms with van der Waals surface area (Å²) in [6.07, 6.45) is 2.16. The Kier molecular flexibility index (Phi) is 5.43. The van der Waals surface area contributed by atoms with Crippen LogP contribution in [0.2, 0.25) is 0 Å². The molecular formula is C19H30N2O3. The van der Waals surface area contributed by atoms with E-state index in [2.05, 4.69) is 4.90 Å². The lowest BCUT2D eigenvalue weighted by Gasteiger charge is -2.33. The third kappa shape index (κ3) is 5.13. The van der Waals surface area contributed by atoms with Gasteiger partial charge in [-0.25, -0.2) is 4.79 Å². The van der Waals surface area contributed by atoms with Crippen molar-refractivity contribution in [2.45, 2.75) is 64.7 Å². The lowest BCUT2D eigenvalue weighted by molar-refractivity contribution is -0.170. The van der Waals surface area contributed by atoms with Gasteiger partial charge in [0.15, 0.2) is 5.60 Å². The summed E-state index contributed by atoms with van der Waals surface area (Å²) in [5, 5.41) is 0. The fourth-order valence-corrected chi connectivity index (χ4v) is 2.73. The van der Waals surface area contributed by atoms with Gasteiger partial charge in [-0.15, -0.1) is 0 Å². The number of ether oxygens (including phenoxy) is 2. The van der Waals surface area contributed by atoms with Crippen LogP contribution in [0.5, 0.6) is 5.75 Å². The molecule has 1 aromatic rings. The van der Waals surface area contributed by atoms with E-state index in [1.807, 2.05) is 45.0 Å². The van der Waals surface area contributed by atoms with Crippen LogP contribution in [0.3, 0.4) is 0 Å². The van der Waals surface area contributed by atoms with Crippen molar-refractivity contribution >= 4 is 11.7 Å². The molecule has 0 spiro atoms. The first-order valence-electron chi connectivity index (χ1n) is 8.60. The summed E-state index contributed by atoms with van der Waals surface area (Å²) < 4.78 is 11.4. The summed E-state index contributed by atoms with van der Waals surface area (Å²) in [4.78, 5) is 14.6. The number of piperidine rings is 1. The van der Waals surface area contributed by atoms with Gasteiger partial charge < -0.3 is 20.1 Å². The van der Waals surface area contributed by atoms with Crippen molar-refractivity contribution in [1.29, 1.82) is 0 Å². The van der Waals surface area contributed by atoms with Crippen molar-refractivity contribution in [2.24, 2.45) is 5.73 Å². The number of esters is 1. The van der Waals surface area contributed by atoms with E-state index >= 15 is 0 Å². The topological polar surface area (TPSA) is 64.8 Å². The van der Waals surface area contributed by atoms with Gasteiger partial charge in [-0.3, -0.25) is 0 Å². The summed E-state index contributed by atoms with van der Waals surface area (Å²) in [5.41, 5.74) is 5.55. The van der Waals surface area contributed by atoms with E-state index in [9.17, 15) is 4.79 Å². The highest BCUT2D eigenvalue weighted by molar-refractivity contribution is 5.79. The third-order valence-corrected chi connectivity index (χ3v) is 3.90. The molecule has 1 unspecified atom stereocenters. The van der Waals surface area contributed by atoms with Crippen molar-refractivity contribution in [3.8, 4) is 5.75 Å². The lowest BCUT2D eigenvalue weighted by atomic mass is 10.1. The first-order valence-corrected chi connectivity index (χ1v) is 8.60. The first-order chi connectivity index (χ1) is 11.1. The highest BCUT2D eigenvalue weighted by Crippen LogP contribution is 2.27. The fourth-order valence-electron chi connectivity index (χ4n) is 2.73. The molecule has 0 bridgehead atoms. The molecule has 2 N–H and O–H groups in total. The minimum atomic E-state index is -1.05. The van der Waals surface area contributed by atoms with Gasteiger partial charge in [0.25, 0.3) is 0 Å². The number of carbonyl (C=O) groups excluding carboxylic acids is 1. The summed E-state index contributed by atoms with van der Waals surface area (Å²) in [6.45, 7) is 10.8. The zero-order chi connectivity index (χ0) is 18.0. The van der Waals surface area contributed by atoms with E-state index in [-0.39, 0.29) is 12.0 Å². The molecule has 0 amide bonds. The van der Waals surface area contributed by atoms with Crippen LogP contribution in [0.1, 0.15) is 47.5 Å². The van der Waals surface area contributed by atoms with Gasteiger partial charge in [-0.1, -0.05) is 6.07 Å². The Morgan fingerprint density at radius 2 is 1.96 bits per heavy atom. The zero-order valence-corrected chi connectivity index (χ0v) is 15.5. The number of nitrogens with zero attached hydrogens (tertiary/aromatic N) is 1. The quantitative estimate of drug-likeness (QED) is 0.857. The van der Waals surface area contributed by atoms with Crippen molar-refractivity contribution in [3.63, 3.8) is 0 Å². The second kappa shape index (κ2) is 7.01. The molecule has 0 saturated carbocycles. The Morgan fingerprint density at radius 1 is 1.25 bits per heavy atom. The second-order valence-corrected chi connectivity index (χ2v) is 7.96. The van der Waals surface area contributed by atoms with Gasteiger partial charge in [0.2, 0.25) is 0 Å². The number of benzene rings is 1. The third-order valence-electron chi connectivity index (χ3n) is 3.90. The largest absolute Gasteiger partial charge is 0.476 e. The van der Waals surface area contributed by atoms with Crippen LogP contribution in [0.15, 0.2) is 24.3 Å². The molecule has 1 saturated heterocycles. The van der Waals surface area contributed by atoms with Crippen molar-refractivity contribution in [2.75, 3.05) is 18.0 Å². The van der Waals surface area contributed by atoms with Gasteiger partial charge >= 0.3 is 5.97 Å². The van der Waals surface area contributed by atoms with E-state index in [4.69, 9.17) is 15.2 Å². The number of rotatable bonds is 4. The summed E-state index contributed by atoms with van der Waals surface area (Å²) >= 11 is 0. The summed E-state index contributed by atoms with van der Waals surface area (Å²) in [6, 6.07) is 8.02. The molecule has 24 heavy (non-hydrogen) atoms. The number of carbonyl (C=O) groups is 1. The van der Waals surface area contributed by atoms with Crippen LogP contribution in [-0.2, 0) is 9.53 Å². The Morgan fingerprint density at radius 3 is 2.58 bits per heavy atom. The molecule has 134 valence electrons. The highest BCUT2D eigenvalue weighted by atomic mass is 16.6. The summed E-state index contributed by atoms with van der Waals surface area (Å²) in [5.74, 6) is 0.280. The Balaban J connectivity index is 2.09. The van der Waals surface area contributed by atoms with Gasteiger partial charge in [0, 0.05) is 30.9 Å². The molecule has 2 rings (SSSR count). The number of nitrogens with two attached hydrogens (primary N) is 1. The molecule has 0 aromatic heterocycles. The van der Waals surface area contributed by atoms with E-state index in [0.29, 0.717) is 5.75 Å². The van der Waals surface area contributed by atoms with E-state index in [1.165, 1.54) is 0 Å². The minimum Gasteiger partial charge on any atom is -0.476 e. The standard InChI is InChI=1S/C19H30N2O3/c1-18(2,3)24-17(22)19(4,5)23-16-10-6-9-15(12-16)21-11-7-8-14(20)13-21/h6,9-10,12,14H,7-8,11,13,20H2,1-5H3. The molecule has 0 radical (unpaired) electrons. The van der Waals surface area contributed by atoms with Crippen LogP contribution in [-0.4, -0.2) is 36.3 Å². The Hall–Kier alpha value is -1.75. The smallest absolute Gasteiger partial charge is 0.350 e. The van der Waals surface area contributed by atoms with Gasteiger partial charge in [0.05, 0.1) is 0 Å². The van der Waals surface area contributed by atoms with Crippen molar-refractivity contribution < 1.29 is 14.3 Å². The van der Waals surface area contributed by atoms with Crippen LogP contribution >= 0.6 is 0 Å². The van der Waals surface area contributed by atoms with Crippen LogP contribution in [0, 0.1) is 0 Å². The number of hydrogen-bond acceptors (Lipinski definition) is 5. The van der Waals surface area contributed by atoms with Crippen LogP contribution in [0.4, 0.5) is 5.69 Å². The maximum atomic E-state index is 12.3. The van der Waals surface area contributed by atoms with Crippen LogP contribution in [0.25, 0.3) is 0 Å². The SMILES string of the molecule is CC(C)(C)OC(=O)C(C)(C)Oc1cccc(N2CCCC(N)C2)c1. The molecule has 1 aliphatic rings. The second-order valence-electron chi connectivity index (χ2n) is 7.96. The molecular weight excluding hydrogens is 304 g/mol. The zero-order valence-electron chi connectivity index (χ0n) is 15.5. The predicted octanol–water partition coefficient (Wildman–Crippen LogP) is 3.11. The average molecular weight is 334 g/mol. The normalized spacial score (nSPS) is 19.1. The molecule has 1 heterocycles. The molecule has 0 aliphatic carbocycles. The van der Waals surface area contributed by atoms with E-state index in [1.54, 1.807) is 13.8 Å². The Bertz CT molecular complexity index is 578. The summed E-state index contributed by atoms with van der Waals surface area (Å²) in [7, 11) is 0. The lowest BCUT2D eigenvalue weighted by Crippen LogP contribution is -2.43. The average Bonchev–Trinajstić information content (AvgIpc) is 2.45. The minimum absolute atomic E-state index is 0.210. The monoisotopic (exact) mass is 334 g/mol. The Labute approximate surface area is 145 Å². The molecule has 1 fully saturated rings. The van der Waals surface area contributed by atoms with Crippen molar-refractivity contribution in [1.82, 2.24) is 0 Å². The maximum absolute atomic E-state index is 12.3. The molecule has 1 aromatic carbocycles. The molecule has 1 atom stereocenters. The highest BCUT2D eigenvalue weighted by Gasteiger charge is 2.35. The molecule has 5 nitrogen and oxygen atoms in total. The van der Waals surface area contributed by atoms with Gasteiger partial charge in [-0.05, 0) is 59.6 Å². The number of anilines is 1. The number of hydrogen-bond donors (Lipinski definition) is 1. The van der Waals surface area contributed by atoms with E-state index < -0.39 is 11.2 Å². The fraction of sp³-hybridized carbons (Fsp3) is 0.632. The van der Waals surface area contributed by atoms with Gasteiger partial charge in [-0.2, -0.15) is 0 Å². The first kappa shape index (κ1) is 18.6. The van der Waals surface area contributed by atoms with Crippen LogP contribution < -0.4 is 15.4 Å². The predicted molar refractivity (Wildman–Crippen MR) is 96.4 cm³/mol. The maximum Gasteiger partial charge on any atom is 0.350 e. The molecule has 5 heteroatoms. The molecule has 1 aliphatic heterocycles. The van der Waals surface area contributed by atoms with E-state index in [0.717, 1.165) is 31.6 Å². The van der Waals surface area contributed by atoms with Gasteiger partial charge in [0.1, 0.15) is 11.4 Å².